The molecule has 11 heteroatoms. The Labute approximate surface area is 253 Å². The number of nitrogens with zero attached hydrogens (tertiary/aromatic N) is 1. The molecule has 0 saturated carbocycles. The molecular formula is C30H27Br2FN2O6. The highest BCUT2D eigenvalue weighted by molar-refractivity contribution is 9.11. The number of hydrogen-bond acceptors (Lipinski definition) is 6. The van der Waals surface area contributed by atoms with Crippen molar-refractivity contribution in [3.8, 4) is 17.2 Å². The van der Waals surface area contributed by atoms with E-state index in [0.29, 0.717) is 50.5 Å². The Bertz CT molecular complexity index is 1490. The molecule has 0 atom stereocenters. The van der Waals surface area contributed by atoms with Gasteiger partial charge >= 0.3 is 6.03 Å². The van der Waals surface area contributed by atoms with Crippen molar-refractivity contribution in [3.05, 3.63) is 91.6 Å². The van der Waals surface area contributed by atoms with E-state index in [0.717, 1.165) is 16.9 Å². The zero-order valence-corrected chi connectivity index (χ0v) is 25.5. The van der Waals surface area contributed by atoms with Crippen molar-refractivity contribution in [2.45, 2.75) is 33.4 Å². The number of barbiturate groups is 1. The molecule has 0 unspecified atom stereocenters. The smallest absolute Gasteiger partial charge is 0.331 e. The summed E-state index contributed by atoms with van der Waals surface area (Å²) in [7, 11) is 0. The lowest BCUT2D eigenvalue weighted by Crippen LogP contribution is -2.53. The third kappa shape index (κ3) is 7.53. The van der Waals surface area contributed by atoms with Gasteiger partial charge in [-0.15, -0.1) is 0 Å². The molecule has 1 heterocycles. The largest absolute Gasteiger partial charge is 0.490 e. The maximum Gasteiger partial charge on any atom is 0.331 e. The number of ether oxygens (including phenoxy) is 3. The molecule has 1 aliphatic rings. The number of nitrogens with one attached hydrogen (secondary N) is 1. The summed E-state index contributed by atoms with van der Waals surface area (Å²) in [5.74, 6) is -0.523. The van der Waals surface area contributed by atoms with Gasteiger partial charge < -0.3 is 14.2 Å². The second-order valence-electron chi connectivity index (χ2n) is 8.99. The fourth-order valence-corrected chi connectivity index (χ4v) is 5.37. The molecule has 3 aromatic carbocycles. The number of urea groups is 1. The van der Waals surface area contributed by atoms with Gasteiger partial charge in [0.05, 0.1) is 24.2 Å². The van der Waals surface area contributed by atoms with Crippen LogP contribution < -0.4 is 19.5 Å². The predicted molar refractivity (Wildman–Crippen MR) is 158 cm³/mol. The maximum atomic E-state index is 13.5. The van der Waals surface area contributed by atoms with Gasteiger partial charge in [0, 0.05) is 10.0 Å². The van der Waals surface area contributed by atoms with Crippen LogP contribution in [-0.4, -0.2) is 36.0 Å². The normalized spacial score (nSPS) is 14.3. The maximum absolute atomic E-state index is 13.5. The molecule has 1 N–H and O–H groups in total. The standard InChI is InChI=1S/C30H27Br2FN2O6/c1-3-11-40-25-10-7-19(12-26(25)39-4-2)16-35-29(37)23(28(36)34-30(35)38)14-20-13-21(31)15-24(32)27(20)41-17-18-5-8-22(33)9-6-18/h5-10,12-15H,3-4,11,16-17H2,1-2H3,(H,34,36,38)/b23-14+. The Morgan fingerprint density at radius 1 is 0.902 bits per heavy atom. The Morgan fingerprint density at radius 2 is 1.63 bits per heavy atom. The Balaban J connectivity index is 1.62. The van der Waals surface area contributed by atoms with Crippen molar-refractivity contribution in [2.75, 3.05) is 13.2 Å². The summed E-state index contributed by atoms with van der Waals surface area (Å²) < 4.78 is 31.9. The van der Waals surface area contributed by atoms with Crippen LogP contribution in [0, 0.1) is 5.82 Å². The molecule has 0 radical (unpaired) electrons. The first-order valence-electron chi connectivity index (χ1n) is 12.8. The summed E-state index contributed by atoms with van der Waals surface area (Å²) in [5, 5.41) is 2.24. The Hall–Kier alpha value is -3.70. The van der Waals surface area contributed by atoms with E-state index in [1.807, 2.05) is 13.8 Å². The molecule has 41 heavy (non-hydrogen) atoms. The van der Waals surface area contributed by atoms with Crippen LogP contribution in [0.4, 0.5) is 9.18 Å². The van der Waals surface area contributed by atoms with Crippen LogP contribution in [0.2, 0.25) is 0 Å². The van der Waals surface area contributed by atoms with Gasteiger partial charge in [0.15, 0.2) is 11.5 Å². The van der Waals surface area contributed by atoms with Crippen molar-refractivity contribution in [1.29, 1.82) is 0 Å². The molecular weight excluding hydrogens is 663 g/mol. The van der Waals surface area contributed by atoms with Crippen molar-refractivity contribution in [2.24, 2.45) is 0 Å². The first-order valence-corrected chi connectivity index (χ1v) is 14.4. The molecule has 1 saturated heterocycles. The van der Waals surface area contributed by atoms with Crippen LogP contribution in [0.25, 0.3) is 6.08 Å². The van der Waals surface area contributed by atoms with Crippen molar-refractivity contribution >= 4 is 55.8 Å². The third-order valence-corrected chi connectivity index (χ3v) is 6.98. The average Bonchev–Trinajstić information content (AvgIpc) is 2.93. The van der Waals surface area contributed by atoms with Gasteiger partial charge in [0.2, 0.25) is 0 Å². The molecule has 3 aromatic rings. The summed E-state index contributed by atoms with van der Waals surface area (Å²) in [4.78, 5) is 40.0. The van der Waals surface area contributed by atoms with Gasteiger partial charge in [-0.2, -0.15) is 0 Å². The monoisotopic (exact) mass is 688 g/mol. The number of carbonyl (C=O) groups excluding carboxylic acids is 3. The zero-order valence-electron chi connectivity index (χ0n) is 22.3. The number of halogens is 3. The molecule has 4 amide bonds. The number of hydrogen-bond donors (Lipinski definition) is 1. The highest BCUT2D eigenvalue weighted by atomic mass is 79.9. The summed E-state index contributed by atoms with van der Waals surface area (Å²) >= 11 is 6.89. The second-order valence-corrected chi connectivity index (χ2v) is 10.8. The molecule has 4 rings (SSSR count). The summed E-state index contributed by atoms with van der Waals surface area (Å²) in [5.41, 5.74) is 1.51. The molecule has 0 aromatic heterocycles. The molecule has 0 bridgehead atoms. The highest BCUT2D eigenvalue weighted by Gasteiger charge is 2.36. The van der Waals surface area contributed by atoms with Gasteiger partial charge in [-0.25, -0.2) is 9.18 Å². The van der Waals surface area contributed by atoms with Crippen LogP contribution >= 0.6 is 31.9 Å². The van der Waals surface area contributed by atoms with E-state index < -0.39 is 17.8 Å². The van der Waals surface area contributed by atoms with Crippen LogP contribution in [0.1, 0.15) is 37.0 Å². The van der Waals surface area contributed by atoms with E-state index in [1.54, 1.807) is 42.5 Å². The topological polar surface area (TPSA) is 94.2 Å². The lowest BCUT2D eigenvalue weighted by Gasteiger charge is -2.27. The molecule has 8 nitrogen and oxygen atoms in total. The van der Waals surface area contributed by atoms with E-state index in [1.165, 1.54) is 18.2 Å². The van der Waals surface area contributed by atoms with Crippen molar-refractivity contribution in [1.82, 2.24) is 10.2 Å². The number of benzene rings is 3. The van der Waals surface area contributed by atoms with Crippen LogP contribution in [0.15, 0.2) is 69.1 Å². The van der Waals surface area contributed by atoms with Gasteiger partial charge in [0.25, 0.3) is 11.8 Å². The van der Waals surface area contributed by atoms with Crippen LogP contribution in [0.3, 0.4) is 0 Å². The average molecular weight is 690 g/mol. The van der Waals surface area contributed by atoms with E-state index in [-0.39, 0.29) is 24.5 Å². The van der Waals surface area contributed by atoms with Crippen molar-refractivity contribution in [3.63, 3.8) is 0 Å². The molecule has 0 aliphatic carbocycles. The number of imide groups is 2. The number of carbonyl (C=O) groups is 3. The van der Waals surface area contributed by atoms with E-state index >= 15 is 0 Å². The third-order valence-electron chi connectivity index (χ3n) is 5.93. The fraction of sp³-hybridized carbons (Fsp3) is 0.233. The lowest BCUT2D eigenvalue weighted by atomic mass is 10.1. The van der Waals surface area contributed by atoms with Gasteiger partial charge in [-0.05, 0) is 82.9 Å². The summed E-state index contributed by atoms with van der Waals surface area (Å²) in [6, 6.07) is 13.6. The second kappa shape index (κ2) is 13.8. The Kier molecular flexibility index (Phi) is 10.2. The zero-order chi connectivity index (χ0) is 29.5. The minimum Gasteiger partial charge on any atom is -0.490 e. The minimum atomic E-state index is -0.829. The SMILES string of the molecule is CCCOc1ccc(CN2C(=O)NC(=O)/C(=C\c3cc(Br)cc(Br)c3OCc3ccc(F)cc3)C2=O)cc1OCC. The fourth-order valence-electron chi connectivity index (χ4n) is 4.00. The van der Waals surface area contributed by atoms with E-state index in [9.17, 15) is 18.8 Å². The predicted octanol–water partition coefficient (Wildman–Crippen LogP) is 6.78. The molecule has 1 aliphatic heterocycles. The first-order chi connectivity index (χ1) is 19.7. The van der Waals surface area contributed by atoms with Gasteiger partial charge in [0.1, 0.15) is 23.7 Å². The lowest BCUT2D eigenvalue weighted by molar-refractivity contribution is -0.130. The van der Waals surface area contributed by atoms with Crippen molar-refractivity contribution < 1.29 is 33.0 Å². The van der Waals surface area contributed by atoms with E-state index in [2.05, 4.69) is 37.2 Å². The number of amides is 4. The van der Waals surface area contributed by atoms with Crippen LogP contribution in [-0.2, 0) is 22.7 Å². The molecule has 214 valence electrons. The van der Waals surface area contributed by atoms with Gasteiger partial charge in [-0.1, -0.05) is 41.1 Å². The quantitative estimate of drug-likeness (QED) is 0.176. The number of rotatable bonds is 11. The first kappa shape index (κ1) is 30.3. The van der Waals surface area contributed by atoms with E-state index in [4.69, 9.17) is 14.2 Å². The molecule has 1 fully saturated rings. The van der Waals surface area contributed by atoms with Crippen LogP contribution in [0.5, 0.6) is 17.2 Å². The van der Waals surface area contributed by atoms with Gasteiger partial charge in [-0.3, -0.25) is 19.8 Å². The molecule has 0 spiro atoms. The highest BCUT2D eigenvalue weighted by Crippen LogP contribution is 2.36. The minimum absolute atomic E-state index is 0.0977. The summed E-state index contributed by atoms with van der Waals surface area (Å²) in [6.45, 7) is 4.78. The Morgan fingerprint density at radius 3 is 2.34 bits per heavy atom. The summed E-state index contributed by atoms with van der Waals surface area (Å²) in [6.07, 6.45) is 2.20.